The Morgan fingerprint density at radius 1 is 1.32 bits per heavy atom. The van der Waals surface area contributed by atoms with Gasteiger partial charge in [-0.1, -0.05) is 19.1 Å². The van der Waals surface area contributed by atoms with Crippen molar-refractivity contribution < 1.29 is 19.4 Å². The minimum absolute atomic E-state index is 0.109. The van der Waals surface area contributed by atoms with E-state index in [9.17, 15) is 4.79 Å². The van der Waals surface area contributed by atoms with E-state index in [0.717, 1.165) is 5.75 Å². The largest absolute Gasteiger partial charge is 0.493 e. The van der Waals surface area contributed by atoms with Crippen LogP contribution in [0.2, 0.25) is 0 Å². The minimum atomic E-state index is -1.13. The van der Waals surface area contributed by atoms with Gasteiger partial charge in [0.05, 0.1) is 18.9 Å². The van der Waals surface area contributed by atoms with Gasteiger partial charge in [0.2, 0.25) is 0 Å². The predicted octanol–water partition coefficient (Wildman–Crippen LogP) is 2.15. The molecular formula is C15H19N3O4. The van der Waals surface area contributed by atoms with Gasteiger partial charge in [0, 0.05) is 7.11 Å². The van der Waals surface area contributed by atoms with Gasteiger partial charge in [0.25, 0.3) is 0 Å². The first-order chi connectivity index (χ1) is 10.5. The highest BCUT2D eigenvalue weighted by Gasteiger charge is 2.19. The van der Waals surface area contributed by atoms with Crippen molar-refractivity contribution in [3.05, 3.63) is 35.7 Å². The van der Waals surface area contributed by atoms with E-state index in [1.54, 1.807) is 12.1 Å². The second-order valence-corrected chi connectivity index (χ2v) is 5.23. The maximum absolute atomic E-state index is 11.2. The molecule has 0 aliphatic rings. The molecule has 1 heterocycles. The molecule has 0 aliphatic heterocycles. The number of methoxy groups -OCH3 is 1. The topological polar surface area (TPSA) is 86.5 Å². The Kier molecular flexibility index (Phi) is 5.11. The van der Waals surface area contributed by atoms with Crippen LogP contribution in [0.4, 0.5) is 0 Å². The van der Waals surface area contributed by atoms with Crippen LogP contribution in [-0.2, 0) is 11.3 Å². The van der Waals surface area contributed by atoms with Crippen LogP contribution < -0.4 is 4.74 Å². The molecule has 0 fully saturated rings. The second-order valence-electron chi connectivity index (χ2n) is 5.23. The molecule has 0 radical (unpaired) electrons. The zero-order valence-electron chi connectivity index (χ0n) is 12.8. The normalized spacial score (nSPS) is 10.9. The molecule has 2 aromatic rings. The zero-order valence-corrected chi connectivity index (χ0v) is 12.8. The summed E-state index contributed by atoms with van der Waals surface area (Å²) in [5.41, 5.74) is 0.983. The summed E-state index contributed by atoms with van der Waals surface area (Å²) in [6.07, 6.45) is 0. The van der Waals surface area contributed by atoms with Gasteiger partial charge in [-0.2, -0.15) is 0 Å². The number of carboxylic acids is 1. The van der Waals surface area contributed by atoms with Crippen LogP contribution in [0.1, 0.15) is 30.0 Å². The molecule has 0 aliphatic carbocycles. The smallest absolute Gasteiger partial charge is 0.358 e. The van der Waals surface area contributed by atoms with Crippen molar-refractivity contribution in [1.29, 1.82) is 0 Å². The van der Waals surface area contributed by atoms with E-state index in [1.165, 1.54) is 11.8 Å². The first-order valence-electron chi connectivity index (χ1n) is 6.93. The number of nitrogens with zero attached hydrogens (tertiary/aromatic N) is 3. The first-order valence-corrected chi connectivity index (χ1v) is 6.93. The Balaban J connectivity index is 2.26. The maximum Gasteiger partial charge on any atom is 0.358 e. The third kappa shape index (κ3) is 3.62. The quantitative estimate of drug-likeness (QED) is 0.843. The fourth-order valence-corrected chi connectivity index (χ4v) is 1.89. The molecule has 0 saturated carbocycles. The monoisotopic (exact) mass is 305 g/mol. The lowest BCUT2D eigenvalue weighted by Gasteiger charge is -2.10. The van der Waals surface area contributed by atoms with E-state index >= 15 is 0 Å². The van der Waals surface area contributed by atoms with Crippen LogP contribution in [0.15, 0.2) is 24.3 Å². The third-order valence-electron chi connectivity index (χ3n) is 2.91. The zero-order chi connectivity index (χ0) is 16.1. The molecule has 2 rings (SSSR count). The lowest BCUT2D eigenvalue weighted by molar-refractivity contribution is 0.0685. The summed E-state index contributed by atoms with van der Waals surface area (Å²) in [5.74, 6) is 0.0703. The van der Waals surface area contributed by atoms with Gasteiger partial charge >= 0.3 is 5.97 Å². The Hall–Kier alpha value is -2.41. The molecule has 0 atom stereocenters. The number of aromatic carboxylic acids is 1. The van der Waals surface area contributed by atoms with E-state index < -0.39 is 5.97 Å². The molecule has 1 aromatic heterocycles. The fraction of sp³-hybridized carbons (Fsp3) is 0.400. The Bertz CT molecular complexity index is 635. The van der Waals surface area contributed by atoms with Gasteiger partial charge in [-0.25, -0.2) is 9.48 Å². The molecule has 7 nitrogen and oxygen atoms in total. The van der Waals surface area contributed by atoms with Crippen molar-refractivity contribution in [2.45, 2.75) is 20.5 Å². The fourth-order valence-electron chi connectivity index (χ4n) is 1.89. The summed E-state index contributed by atoms with van der Waals surface area (Å²) in [6.45, 7) is 4.91. The summed E-state index contributed by atoms with van der Waals surface area (Å²) in [4.78, 5) is 11.2. The van der Waals surface area contributed by atoms with E-state index in [2.05, 4.69) is 24.2 Å². The summed E-state index contributed by atoms with van der Waals surface area (Å²) >= 11 is 0. The number of aromatic nitrogens is 3. The molecular weight excluding hydrogens is 286 g/mol. The average molecular weight is 305 g/mol. The van der Waals surface area contributed by atoms with Crippen molar-refractivity contribution in [1.82, 2.24) is 15.0 Å². The highest BCUT2D eigenvalue weighted by molar-refractivity contribution is 5.86. The standard InChI is InChI=1S/C15H19N3O4/c1-10(2)8-22-12-6-4-11(5-7-12)18-13(9-21-3)14(15(19)20)16-17-18/h4-7,10H,8-9H2,1-3H3,(H,19,20). The van der Waals surface area contributed by atoms with Gasteiger partial charge in [-0.3, -0.25) is 0 Å². The lowest BCUT2D eigenvalue weighted by Crippen LogP contribution is -2.08. The highest BCUT2D eigenvalue weighted by Crippen LogP contribution is 2.18. The molecule has 0 saturated heterocycles. The lowest BCUT2D eigenvalue weighted by atomic mass is 10.2. The third-order valence-corrected chi connectivity index (χ3v) is 2.91. The molecule has 0 spiro atoms. The molecule has 0 unspecified atom stereocenters. The maximum atomic E-state index is 11.2. The van der Waals surface area contributed by atoms with Crippen molar-refractivity contribution in [3.63, 3.8) is 0 Å². The Morgan fingerprint density at radius 2 is 2.00 bits per heavy atom. The molecule has 1 aromatic carbocycles. The van der Waals surface area contributed by atoms with Crippen molar-refractivity contribution in [3.8, 4) is 11.4 Å². The predicted molar refractivity (Wildman–Crippen MR) is 79.4 cm³/mol. The molecule has 1 N–H and O–H groups in total. The number of hydrogen-bond donors (Lipinski definition) is 1. The summed E-state index contributed by atoms with van der Waals surface area (Å²) in [5, 5.41) is 16.7. The Morgan fingerprint density at radius 3 is 2.55 bits per heavy atom. The van der Waals surface area contributed by atoms with Gasteiger partial charge < -0.3 is 14.6 Å². The van der Waals surface area contributed by atoms with Gasteiger partial charge in [-0.05, 0) is 30.2 Å². The summed E-state index contributed by atoms with van der Waals surface area (Å²) in [6, 6.07) is 7.23. The van der Waals surface area contributed by atoms with Crippen molar-refractivity contribution in [2.75, 3.05) is 13.7 Å². The summed E-state index contributed by atoms with van der Waals surface area (Å²) in [7, 11) is 1.49. The first kappa shape index (κ1) is 16.0. The van der Waals surface area contributed by atoms with E-state index in [4.69, 9.17) is 14.6 Å². The average Bonchev–Trinajstić information content (AvgIpc) is 2.90. The number of carbonyl (C=O) groups is 1. The molecule has 0 bridgehead atoms. The van der Waals surface area contributed by atoms with Crippen LogP contribution in [0.5, 0.6) is 5.75 Å². The van der Waals surface area contributed by atoms with Crippen LogP contribution in [0.3, 0.4) is 0 Å². The summed E-state index contributed by atoms with van der Waals surface area (Å²) < 4.78 is 12.1. The van der Waals surface area contributed by atoms with Gasteiger partial charge in [-0.15, -0.1) is 5.10 Å². The van der Waals surface area contributed by atoms with Crippen molar-refractivity contribution in [2.24, 2.45) is 5.92 Å². The van der Waals surface area contributed by atoms with Gasteiger partial charge in [0.1, 0.15) is 11.4 Å². The minimum Gasteiger partial charge on any atom is -0.493 e. The van der Waals surface area contributed by atoms with Crippen LogP contribution in [0.25, 0.3) is 5.69 Å². The van der Waals surface area contributed by atoms with Crippen LogP contribution in [0, 0.1) is 5.92 Å². The number of benzene rings is 1. The Labute approximate surface area is 128 Å². The van der Waals surface area contributed by atoms with E-state index in [0.29, 0.717) is 23.9 Å². The number of hydrogen-bond acceptors (Lipinski definition) is 5. The molecule has 0 amide bonds. The van der Waals surface area contributed by atoms with E-state index in [-0.39, 0.29) is 12.3 Å². The molecule has 118 valence electrons. The molecule has 22 heavy (non-hydrogen) atoms. The van der Waals surface area contributed by atoms with Crippen molar-refractivity contribution >= 4 is 5.97 Å². The number of carboxylic acid groups (broad SMARTS) is 1. The number of rotatable bonds is 7. The number of ether oxygens (including phenoxy) is 2. The second kappa shape index (κ2) is 7.04. The SMILES string of the molecule is COCc1c(C(=O)O)nnn1-c1ccc(OCC(C)C)cc1. The van der Waals surface area contributed by atoms with Crippen LogP contribution >= 0.6 is 0 Å². The van der Waals surface area contributed by atoms with Gasteiger partial charge in [0.15, 0.2) is 5.69 Å². The molecule has 7 heteroatoms. The van der Waals surface area contributed by atoms with Crippen LogP contribution in [-0.4, -0.2) is 39.8 Å². The highest BCUT2D eigenvalue weighted by atomic mass is 16.5. The van der Waals surface area contributed by atoms with E-state index in [1.807, 2.05) is 12.1 Å².